The number of nitrogens with two attached hydrogens (primary N) is 1. The van der Waals surface area contributed by atoms with Crippen LogP contribution < -0.4 is 5.73 Å². The van der Waals surface area contributed by atoms with Crippen LogP contribution in [0.3, 0.4) is 0 Å². The van der Waals surface area contributed by atoms with Gasteiger partial charge in [-0.15, -0.1) is 12.6 Å². The molecule has 4 heteroatoms. The minimum absolute atomic E-state index is 0.0604. The molecular weight excluding hydrogens is 294 g/mol. The Labute approximate surface area is 137 Å². The molecule has 0 aliphatic rings. The molecular formula is C18H23NO2S. The molecule has 3 nitrogen and oxygen atoms in total. The van der Waals surface area contributed by atoms with Crippen molar-refractivity contribution in [1.82, 2.24) is 0 Å². The third kappa shape index (κ3) is 7.29. The van der Waals surface area contributed by atoms with Crippen molar-refractivity contribution in [1.29, 1.82) is 0 Å². The van der Waals surface area contributed by atoms with Crippen molar-refractivity contribution in [3.63, 3.8) is 0 Å². The maximum atomic E-state index is 11.3. The summed E-state index contributed by atoms with van der Waals surface area (Å²) in [6.45, 7) is 2.69. The Morgan fingerprint density at radius 1 is 1.09 bits per heavy atom. The summed E-state index contributed by atoms with van der Waals surface area (Å²) in [5.74, 6) is -0.123. The van der Waals surface area contributed by atoms with Crippen LogP contribution in [0.25, 0.3) is 0 Å². The van der Waals surface area contributed by atoms with Gasteiger partial charge in [0.25, 0.3) is 0 Å². The summed E-state index contributed by atoms with van der Waals surface area (Å²) < 4.78 is 4.90. The van der Waals surface area contributed by atoms with Gasteiger partial charge in [-0.25, -0.2) is 0 Å². The molecule has 0 aliphatic carbocycles. The Hall–Kier alpha value is -1.78. The molecule has 2 aromatic carbocycles. The lowest BCUT2D eigenvalue weighted by molar-refractivity contribution is -0.143. The lowest BCUT2D eigenvalue weighted by atomic mass is 9.96. The largest absolute Gasteiger partial charge is 0.466 e. The summed E-state index contributed by atoms with van der Waals surface area (Å²) in [7, 11) is 0. The van der Waals surface area contributed by atoms with Gasteiger partial charge in [0.2, 0.25) is 0 Å². The number of rotatable bonds is 5. The second-order valence-corrected chi connectivity index (χ2v) is 5.20. The molecule has 2 aromatic rings. The monoisotopic (exact) mass is 317 g/mol. The van der Waals surface area contributed by atoms with E-state index in [0.717, 1.165) is 10.5 Å². The van der Waals surface area contributed by atoms with E-state index in [9.17, 15) is 4.79 Å². The highest BCUT2D eigenvalue weighted by Gasteiger charge is 2.14. The molecule has 2 rings (SSSR count). The quantitative estimate of drug-likeness (QED) is 0.653. The summed E-state index contributed by atoms with van der Waals surface area (Å²) in [6, 6.07) is 19.6. The summed E-state index contributed by atoms with van der Waals surface area (Å²) in [5.41, 5.74) is 6.73. The molecule has 0 saturated carbocycles. The first-order valence-corrected chi connectivity index (χ1v) is 7.76. The minimum Gasteiger partial charge on any atom is -0.466 e. The van der Waals surface area contributed by atoms with Gasteiger partial charge < -0.3 is 10.5 Å². The molecule has 0 radical (unpaired) electrons. The number of benzene rings is 2. The summed E-state index contributed by atoms with van der Waals surface area (Å²) in [6.07, 6.45) is 0.356. The van der Waals surface area contributed by atoms with Crippen molar-refractivity contribution in [2.24, 2.45) is 5.73 Å². The van der Waals surface area contributed by atoms with Gasteiger partial charge in [0.05, 0.1) is 13.0 Å². The van der Waals surface area contributed by atoms with Gasteiger partial charge in [0.15, 0.2) is 0 Å². The number of thiol groups is 1. The van der Waals surface area contributed by atoms with Crippen LogP contribution in [0.15, 0.2) is 65.6 Å². The Morgan fingerprint density at radius 3 is 2.05 bits per heavy atom. The Kier molecular flexibility index (Phi) is 9.03. The predicted octanol–water partition coefficient (Wildman–Crippen LogP) is 3.66. The van der Waals surface area contributed by atoms with Gasteiger partial charge in [-0.1, -0.05) is 48.5 Å². The first-order valence-electron chi connectivity index (χ1n) is 7.32. The third-order valence-electron chi connectivity index (χ3n) is 3.03. The van der Waals surface area contributed by atoms with E-state index in [0.29, 0.717) is 19.6 Å². The van der Waals surface area contributed by atoms with Gasteiger partial charge in [-0.3, -0.25) is 4.79 Å². The molecule has 0 fully saturated rings. The lowest BCUT2D eigenvalue weighted by Crippen LogP contribution is -2.17. The zero-order valence-corrected chi connectivity index (χ0v) is 13.7. The van der Waals surface area contributed by atoms with Gasteiger partial charge in [-0.2, -0.15) is 0 Å². The molecule has 0 saturated heterocycles. The van der Waals surface area contributed by atoms with E-state index in [1.165, 1.54) is 0 Å². The molecule has 0 aliphatic heterocycles. The van der Waals surface area contributed by atoms with Crippen molar-refractivity contribution in [2.45, 2.75) is 24.2 Å². The number of hydrogen-bond donors (Lipinski definition) is 2. The first-order chi connectivity index (χ1) is 10.7. The minimum atomic E-state index is -0.184. The molecule has 1 unspecified atom stereocenters. The average molecular weight is 317 g/mol. The number of carbonyl (C=O) groups is 1. The summed E-state index contributed by atoms with van der Waals surface area (Å²) in [5, 5.41) is 0. The molecule has 22 heavy (non-hydrogen) atoms. The Bertz CT molecular complexity index is 531. The summed E-state index contributed by atoms with van der Waals surface area (Å²) in [4.78, 5) is 12.3. The standard InChI is InChI=1S/C12H17NO2.C6H6S/c1-2-15-12(14)8-11(9-13)10-6-4-3-5-7-10;7-6-4-2-1-3-5-6/h3-7,11H,2,8-9,13H2,1H3;1-5,7H. The van der Waals surface area contributed by atoms with E-state index >= 15 is 0 Å². The van der Waals surface area contributed by atoms with E-state index < -0.39 is 0 Å². The molecule has 0 bridgehead atoms. The van der Waals surface area contributed by atoms with Gasteiger partial charge in [0, 0.05) is 10.8 Å². The third-order valence-corrected chi connectivity index (χ3v) is 3.33. The van der Waals surface area contributed by atoms with Crippen molar-refractivity contribution < 1.29 is 9.53 Å². The van der Waals surface area contributed by atoms with Crippen LogP contribution in [0.2, 0.25) is 0 Å². The highest BCUT2D eigenvalue weighted by molar-refractivity contribution is 7.80. The van der Waals surface area contributed by atoms with Crippen LogP contribution in [0.5, 0.6) is 0 Å². The number of hydrogen-bond acceptors (Lipinski definition) is 4. The first kappa shape index (κ1) is 18.3. The zero-order chi connectivity index (χ0) is 16.2. The fraction of sp³-hybridized carbons (Fsp3) is 0.278. The highest BCUT2D eigenvalue weighted by atomic mass is 32.1. The number of ether oxygens (including phenoxy) is 1. The van der Waals surface area contributed by atoms with Gasteiger partial charge in [0.1, 0.15) is 0 Å². The normalized spacial score (nSPS) is 11.0. The van der Waals surface area contributed by atoms with E-state index in [4.69, 9.17) is 10.5 Å². The predicted molar refractivity (Wildman–Crippen MR) is 93.2 cm³/mol. The van der Waals surface area contributed by atoms with Crippen LogP contribution in [-0.4, -0.2) is 19.1 Å². The van der Waals surface area contributed by atoms with Crippen LogP contribution in [-0.2, 0) is 9.53 Å². The van der Waals surface area contributed by atoms with E-state index in [1.54, 1.807) is 6.92 Å². The topological polar surface area (TPSA) is 52.3 Å². The second kappa shape index (κ2) is 10.9. The maximum Gasteiger partial charge on any atom is 0.306 e. The van der Waals surface area contributed by atoms with Crippen LogP contribution in [0.1, 0.15) is 24.8 Å². The zero-order valence-electron chi connectivity index (χ0n) is 12.8. The van der Waals surface area contributed by atoms with Crippen LogP contribution in [0, 0.1) is 0 Å². The number of carbonyl (C=O) groups excluding carboxylic acids is 1. The highest BCUT2D eigenvalue weighted by Crippen LogP contribution is 2.18. The lowest BCUT2D eigenvalue weighted by Gasteiger charge is -2.13. The summed E-state index contributed by atoms with van der Waals surface area (Å²) >= 11 is 4.08. The molecule has 118 valence electrons. The van der Waals surface area contributed by atoms with Crippen LogP contribution >= 0.6 is 12.6 Å². The SMILES string of the molecule is CCOC(=O)CC(CN)c1ccccc1.Sc1ccccc1. The molecule has 2 N–H and O–H groups in total. The van der Waals surface area contributed by atoms with Crippen molar-refractivity contribution in [3.8, 4) is 0 Å². The van der Waals surface area contributed by atoms with Gasteiger partial charge >= 0.3 is 5.97 Å². The molecule has 0 amide bonds. The average Bonchev–Trinajstić information content (AvgIpc) is 2.55. The van der Waals surface area contributed by atoms with Crippen molar-refractivity contribution >= 4 is 18.6 Å². The maximum absolute atomic E-state index is 11.3. The molecule has 1 atom stereocenters. The van der Waals surface area contributed by atoms with E-state index in [2.05, 4.69) is 12.6 Å². The van der Waals surface area contributed by atoms with Gasteiger partial charge in [-0.05, 0) is 31.2 Å². The van der Waals surface area contributed by atoms with Crippen molar-refractivity contribution in [3.05, 3.63) is 66.2 Å². The Balaban J connectivity index is 0.000000287. The Morgan fingerprint density at radius 2 is 1.64 bits per heavy atom. The second-order valence-electron chi connectivity index (χ2n) is 4.69. The van der Waals surface area contributed by atoms with Crippen molar-refractivity contribution in [2.75, 3.05) is 13.2 Å². The molecule has 0 spiro atoms. The van der Waals surface area contributed by atoms with Crippen LogP contribution in [0.4, 0.5) is 0 Å². The fourth-order valence-corrected chi connectivity index (χ4v) is 2.08. The molecule has 0 aromatic heterocycles. The molecule has 0 heterocycles. The smallest absolute Gasteiger partial charge is 0.306 e. The van der Waals surface area contributed by atoms with E-state index in [-0.39, 0.29) is 11.9 Å². The number of esters is 1. The van der Waals surface area contributed by atoms with E-state index in [1.807, 2.05) is 60.7 Å². The fourth-order valence-electron chi connectivity index (χ4n) is 1.91.